The van der Waals surface area contributed by atoms with E-state index in [1.807, 2.05) is 0 Å². The van der Waals surface area contributed by atoms with Crippen LogP contribution in [-0.4, -0.2) is 24.0 Å². The number of non-ortho nitro benzene ring substituents is 1. The largest absolute Gasteiger partial charge is 0.330 e. The van der Waals surface area contributed by atoms with E-state index in [0.29, 0.717) is 10.3 Å². The number of halogens is 1. The summed E-state index contributed by atoms with van der Waals surface area (Å²) in [6, 6.07) is 5.83. The number of nitrogens with zero attached hydrogens (tertiary/aromatic N) is 4. The van der Waals surface area contributed by atoms with Gasteiger partial charge >= 0.3 is 5.69 Å². The van der Waals surface area contributed by atoms with Gasteiger partial charge in [-0.05, 0) is 21.5 Å². The molecule has 0 aliphatic rings. The predicted molar refractivity (Wildman–Crippen MR) is 85.5 cm³/mol. The highest BCUT2D eigenvalue weighted by Crippen LogP contribution is 2.16. The molecule has 9 nitrogen and oxygen atoms in total. The minimum atomic E-state index is -0.591. The van der Waals surface area contributed by atoms with E-state index in [1.165, 1.54) is 21.3 Å². The molecule has 0 fully saturated rings. The lowest BCUT2D eigenvalue weighted by atomic mass is 10.2. The van der Waals surface area contributed by atoms with E-state index in [2.05, 4.69) is 25.9 Å². The van der Waals surface area contributed by atoms with Gasteiger partial charge < -0.3 is 4.57 Å². The number of aryl methyl sites for hydroxylation is 1. The number of nitro groups is 1. The summed E-state index contributed by atoms with van der Waals surface area (Å²) in [7, 11) is 1.65. The number of rotatable bonds is 3. The van der Waals surface area contributed by atoms with Crippen LogP contribution in [0.15, 0.2) is 38.6 Å². The van der Waals surface area contributed by atoms with Gasteiger partial charge in [-0.3, -0.25) is 24.5 Å². The average Bonchev–Trinajstić information content (AvgIpc) is 2.80. The SMILES string of the molecule is Cn1c(Br)nc2c1c(=O)[nH]c(=O)n2Cc1ccc([N+](=O)[O-])cc1. The van der Waals surface area contributed by atoms with Gasteiger partial charge in [0.05, 0.1) is 11.5 Å². The number of benzene rings is 1. The van der Waals surface area contributed by atoms with Crippen LogP contribution in [0.25, 0.3) is 11.2 Å². The summed E-state index contributed by atoms with van der Waals surface area (Å²) >= 11 is 3.22. The predicted octanol–water partition coefficient (Wildman–Crippen LogP) is 1.14. The molecule has 1 aromatic carbocycles. The third kappa shape index (κ3) is 2.57. The molecule has 0 saturated heterocycles. The molecule has 3 aromatic rings. The molecule has 0 amide bonds. The number of hydrogen-bond donors (Lipinski definition) is 1. The normalized spacial score (nSPS) is 11.0. The Kier molecular flexibility index (Phi) is 3.60. The van der Waals surface area contributed by atoms with Gasteiger partial charge in [-0.25, -0.2) is 9.78 Å². The Morgan fingerprint density at radius 3 is 2.57 bits per heavy atom. The molecule has 0 aliphatic carbocycles. The molecule has 0 saturated carbocycles. The van der Waals surface area contributed by atoms with Crippen molar-refractivity contribution in [3.05, 3.63) is 65.5 Å². The van der Waals surface area contributed by atoms with E-state index in [9.17, 15) is 19.7 Å². The zero-order valence-electron chi connectivity index (χ0n) is 11.8. The first-order valence-corrected chi connectivity index (χ1v) is 7.26. The average molecular weight is 380 g/mol. The molecule has 10 heteroatoms. The summed E-state index contributed by atoms with van der Waals surface area (Å²) in [5.41, 5.74) is 0.0306. The number of fused-ring (bicyclic) bond motifs is 1. The minimum Gasteiger partial charge on any atom is -0.316 e. The van der Waals surface area contributed by atoms with Gasteiger partial charge in [0.25, 0.3) is 11.2 Å². The van der Waals surface area contributed by atoms with E-state index in [0.717, 1.165) is 0 Å². The summed E-state index contributed by atoms with van der Waals surface area (Å²) in [6.45, 7) is 0.133. The van der Waals surface area contributed by atoms with Crippen LogP contribution in [0.3, 0.4) is 0 Å². The number of imidazole rings is 1. The van der Waals surface area contributed by atoms with Gasteiger partial charge in [-0.1, -0.05) is 12.1 Å². The summed E-state index contributed by atoms with van der Waals surface area (Å²) in [5, 5.41) is 10.7. The van der Waals surface area contributed by atoms with Crippen molar-refractivity contribution in [1.29, 1.82) is 0 Å². The topological polar surface area (TPSA) is 116 Å². The van der Waals surface area contributed by atoms with Crippen LogP contribution in [-0.2, 0) is 13.6 Å². The van der Waals surface area contributed by atoms with Crippen molar-refractivity contribution in [1.82, 2.24) is 19.1 Å². The number of aromatic nitrogens is 4. The lowest BCUT2D eigenvalue weighted by Crippen LogP contribution is -2.31. The first-order chi connectivity index (χ1) is 10.9. The smallest absolute Gasteiger partial charge is 0.316 e. The van der Waals surface area contributed by atoms with Crippen LogP contribution in [0.5, 0.6) is 0 Å². The third-order valence-electron chi connectivity index (χ3n) is 3.45. The number of nitro benzene ring substituents is 1. The molecule has 118 valence electrons. The second kappa shape index (κ2) is 5.47. The Bertz CT molecular complexity index is 1030. The van der Waals surface area contributed by atoms with Crippen molar-refractivity contribution in [3.63, 3.8) is 0 Å². The second-order valence-corrected chi connectivity index (χ2v) is 5.59. The second-order valence-electron chi connectivity index (χ2n) is 4.88. The molecule has 23 heavy (non-hydrogen) atoms. The molecule has 0 bridgehead atoms. The van der Waals surface area contributed by atoms with Gasteiger partial charge in [0.1, 0.15) is 0 Å². The fourth-order valence-electron chi connectivity index (χ4n) is 2.27. The lowest BCUT2D eigenvalue weighted by Gasteiger charge is -2.06. The third-order valence-corrected chi connectivity index (χ3v) is 4.16. The van der Waals surface area contributed by atoms with Crippen LogP contribution in [0.4, 0.5) is 5.69 Å². The molecule has 0 radical (unpaired) electrons. The van der Waals surface area contributed by atoms with Gasteiger partial charge in [0.2, 0.25) is 0 Å². The Balaban J connectivity index is 2.13. The van der Waals surface area contributed by atoms with Crippen molar-refractivity contribution >= 4 is 32.8 Å². The molecule has 0 unspecified atom stereocenters. The number of nitrogens with one attached hydrogen (secondary N) is 1. The summed E-state index contributed by atoms with van der Waals surface area (Å²) in [5.74, 6) is 0. The highest BCUT2D eigenvalue weighted by Gasteiger charge is 2.15. The fraction of sp³-hybridized carbons (Fsp3) is 0.154. The first-order valence-electron chi connectivity index (χ1n) is 6.47. The fourth-order valence-corrected chi connectivity index (χ4v) is 2.62. The van der Waals surface area contributed by atoms with E-state index in [1.54, 1.807) is 19.2 Å². The first kappa shape index (κ1) is 15.2. The number of H-pyrrole nitrogens is 1. The Labute approximate surface area is 136 Å². The molecule has 0 aliphatic heterocycles. The maximum Gasteiger partial charge on any atom is 0.330 e. The van der Waals surface area contributed by atoms with Crippen LogP contribution >= 0.6 is 15.9 Å². The van der Waals surface area contributed by atoms with Gasteiger partial charge in [0.15, 0.2) is 15.9 Å². The molecule has 3 rings (SSSR count). The van der Waals surface area contributed by atoms with Crippen molar-refractivity contribution in [3.8, 4) is 0 Å². The van der Waals surface area contributed by atoms with Crippen molar-refractivity contribution < 1.29 is 4.92 Å². The summed E-state index contributed by atoms with van der Waals surface area (Å²) in [4.78, 5) is 40.6. The molecular formula is C13H10BrN5O4. The van der Waals surface area contributed by atoms with Crippen LogP contribution < -0.4 is 11.2 Å². The van der Waals surface area contributed by atoms with E-state index < -0.39 is 16.2 Å². The maximum absolute atomic E-state index is 12.1. The lowest BCUT2D eigenvalue weighted by molar-refractivity contribution is -0.384. The highest BCUT2D eigenvalue weighted by molar-refractivity contribution is 9.10. The summed E-state index contributed by atoms with van der Waals surface area (Å²) < 4.78 is 3.25. The molecular weight excluding hydrogens is 370 g/mol. The Hall–Kier alpha value is -2.75. The molecule has 2 heterocycles. The molecule has 0 spiro atoms. The molecule has 1 N–H and O–H groups in total. The van der Waals surface area contributed by atoms with E-state index >= 15 is 0 Å². The zero-order valence-corrected chi connectivity index (χ0v) is 13.4. The standard InChI is InChI=1S/C13H10BrN5O4/c1-17-9-10(15-12(17)14)18(13(21)16-11(9)20)6-7-2-4-8(5-3-7)19(22)23/h2-5H,6H2,1H3,(H,16,20,21). The summed E-state index contributed by atoms with van der Waals surface area (Å²) in [6.07, 6.45) is 0. The van der Waals surface area contributed by atoms with Gasteiger partial charge in [0, 0.05) is 19.2 Å². The van der Waals surface area contributed by atoms with Crippen molar-refractivity contribution in [2.45, 2.75) is 6.54 Å². The Morgan fingerprint density at radius 1 is 1.30 bits per heavy atom. The van der Waals surface area contributed by atoms with Crippen molar-refractivity contribution in [2.75, 3.05) is 0 Å². The van der Waals surface area contributed by atoms with Gasteiger partial charge in [-0.2, -0.15) is 0 Å². The van der Waals surface area contributed by atoms with Crippen LogP contribution in [0.2, 0.25) is 0 Å². The van der Waals surface area contributed by atoms with Crippen LogP contribution in [0, 0.1) is 10.1 Å². The number of aromatic amines is 1. The van der Waals surface area contributed by atoms with E-state index in [4.69, 9.17) is 0 Å². The Morgan fingerprint density at radius 2 is 1.96 bits per heavy atom. The quantitative estimate of drug-likeness (QED) is 0.416. The van der Waals surface area contributed by atoms with Crippen LogP contribution in [0.1, 0.15) is 5.56 Å². The van der Waals surface area contributed by atoms with E-state index in [-0.39, 0.29) is 23.4 Å². The highest BCUT2D eigenvalue weighted by atomic mass is 79.9. The zero-order chi connectivity index (χ0) is 16.7. The maximum atomic E-state index is 12.1. The minimum absolute atomic E-state index is 0.0340. The van der Waals surface area contributed by atoms with Crippen molar-refractivity contribution in [2.24, 2.45) is 7.05 Å². The van der Waals surface area contributed by atoms with Gasteiger partial charge in [-0.15, -0.1) is 0 Å². The number of hydrogen-bond acceptors (Lipinski definition) is 5. The molecule has 0 atom stereocenters. The monoisotopic (exact) mass is 379 g/mol. The molecule has 2 aromatic heterocycles.